The number of rotatable bonds is 5. The van der Waals surface area contributed by atoms with Crippen LogP contribution < -0.4 is 10.6 Å². The number of halogens is 2. The summed E-state index contributed by atoms with van der Waals surface area (Å²) in [5, 5.41) is 14.6. The Morgan fingerprint density at radius 2 is 1.91 bits per heavy atom. The van der Waals surface area contributed by atoms with E-state index in [0.717, 1.165) is 0 Å². The third-order valence-electron chi connectivity index (χ3n) is 3.13. The van der Waals surface area contributed by atoms with Gasteiger partial charge >= 0.3 is 6.03 Å². The molecule has 22 heavy (non-hydrogen) atoms. The van der Waals surface area contributed by atoms with Gasteiger partial charge in [0.05, 0.1) is 35.0 Å². The number of hydrogen-bond donors (Lipinski definition) is 2. The minimum absolute atomic E-state index is 0.102. The lowest BCUT2D eigenvalue weighted by Crippen LogP contribution is -2.44. The highest BCUT2D eigenvalue weighted by molar-refractivity contribution is 6.42. The molecule has 1 heterocycles. The monoisotopic (exact) mass is 341 g/mol. The Morgan fingerprint density at radius 1 is 1.23 bits per heavy atom. The lowest BCUT2D eigenvalue weighted by molar-refractivity contribution is 0.239. The van der Waals surface area contributed by atoms with Crippen LogP contribution >= 0.6 is 23.2 Å². The lowest BCUT2D eigenvalue weighted by atomic mass is 10.1. The van der Waals surface area contributed by atoms with Crippen LogP contribution in [-0.2, 0) is 6.54 Å². The fourth-order valence-corrected chi connectivity index (χ4v) is 2.14. The molecule has 1 unspecified atom stereocenters. The molecule has 0 saturated carbocycles. The summed E-state index contributed by atoms with van der Waals surface area (Å²) in [5.41, 5.74) is 0.576. The van der Waals surface area contributed by atoms with Gasteiger partial charge in [-0.1, -0.05) is 37.0 Å². The number of carbonyl (C=O) groups excluding carboxylic acids is 1. The van der Waals surface area contributed by atoms with Gasteiger partial charge in [0.1, 0.15) is 0 Å². The first-order valence-corrected chi connectivity index (χ1v) is 7.58. The summed E-state index contributed by atoms with van der Waals surface area (Å²) in [6, 6.07) is 4.50. The van der Waals surface area contributed by atoms with E-state index < -0.39 is 0 Å². The number of anilines is 1. The number of nitrogens with one attached hydrogen (secondary N) is 2. The van der Waals surface area contributed by atoms with Crippen molar-refractivity contribution in [3.63, 3.8) is 0 Å². The zero-order chi connectivity index (χ0) is 16.1. The molecule has 8 heteroatoms. The average Bonchev–Trinajstić information content (AvgIpc) is 2.95. The number of carbonyl (C=O) groups is 1. The number of nitrogens with zero attached hydrogens (tertiary/aromatic N) is 3. The molecule has 2 rings (SSSR count). The molecular formula is C14H17Cl2N5O. The number of amides is 2. The highest BCUT2D eigenvalue weighted by atomic mass is 35.5. The summed E-state index contributed by atoms with van der Waals surface area (Å²) in [6.45, 7) is 4.54. The minimum atomic E-state index is -0.316. The van der Waals surface area contributed by atoms with E-state index in [4.69, 9.17) is 23.2 Å². The maximum atomic E-state index is 12.1. The van der Waals surface area contributed by atoms with Crippen LogP contribution in [-0.4, -0.2) is 27.1 Å². The third-order valence-corrected chi connectivity index (χ3v) is 3.86. The molecule has 2 amide bonds. The minimum Gasteiger partial charge on any atom is -0.333 e. The van der Waals surface area contributed by atoms with Crippen LogP contribution in [0.25, 0.3) is 0 Å². The van der Waals surface area contributed by atoms with Crippen LogP contribution in [0.15, 0.2) is 30.6 Å². The molecule has 0 spiro atoms. The second kappa shape index (κ2) is 7.47. The number of urea groups is 1. The fourth-order valence-electron chi connectivity index (χ4n) is 1.85. The molecule has 0 aliphatic heterocycles. The molecule has 2 N–H and O–H groups in total. The highest BCUT2D eigenvalue weighted by Crippen LogP contribution is 2.24. The van der Waals surface area contributed by atoms with E-state index in [1.54, 1.807) is 35.4 Å². The maximum Gasteiger partial charge on any atom is 0.319 e. The van der Waals surface area contributed by atoms with E-state index in [2.05, 4.69) is 20.8 Å². The Kier molecular flexibility index (Phi) is 5.63. The Balaban J connectivity index is 1.97. The Morgan fingerprint density at radius 3 is 2.50 bits per heavy atom. The maximum absolute atomic E-state index is 12.1. The molecule has 2 aromatic rings. The van der Waals surface area contributed by atoms with Crippen LogP contribution in [0.1, 0.15) is 13.8 Å². The summed E-state index contributed by atoms with van der Waals surface area (Å²) >= 11 is 11.8. The molecule has 0 aliphatic rings. The third kappa shape index (κ3) is 4.61. The molecule has 1 aromatic carbocycles. The molecule has 6 nitrogen and oxygen atoms in total. The predicted octanol–water partition coefficient (Wildman–Crippen LogP) is 3.43. The van der Waals surface area contributed by atoms with Crippen LogP contribution in [0.5, 0.6) is 0 Å². The largest absolute Gasteiger partial charge is 0.333 e. The molecular weight excluding hydrogens is 325 g/mol. The van der Waals surface area contributed by atoms with Crippen LogP contribution in [0.3, 0.4) is 0 Å². The second-order valence-electron chi connectivity index (χ2n) is 5.16. The average molecular weight is 342 g/mol. The van der Waals surface area contributed by atoms with Crippen LogP contribution in [0.2, 0.25) is 10.0 Å². The van der Waals surface area contributed by atoms with Gasteiger partial charge in [-0.3, -0.25) is 0 Å². The molecule has 1 aromatic heterocycles. The first kappa shape index (κ1) is 16.6. The molecule has 0 radical (unpaired) electrons. The zero-order valence-electron chi connectivity index (χ0n) is 12.3. The normalized spacial score (nSPS) is 12.2. The summed E-state index contributed by atoms with van der Waals surface area (Å²) in [5.74, 6) is 0.227. The van der Waals surface area contributed by atoms with Gasteiger partial charge in [0.2, 0.25) is 0 Å². The van der Waals surface area contributed by atoms with Crippen molar-refractivity contribution in [3.8, 4) is 0 Å². The fraction of sp³-hybridized carbons (Fsp3) is 0.357. The van der Waals surface area contributed by atoms with E-state index in [9.17, 15) is 4.79 Å². The van der Waals surface area contributed by atoms with Gasteiger partial charge in [-0.25, -0.2) is 4.79 Å². The molecule has 0 aliphatic carbocycles. The molecule has 0 fully saturated rings. The first-order valence-electron chi connectivity index (χ1n) is 6.82. The predicted molar refractivity (Wildman–Crippen MR) is 87.3 cm³/mol. The smallest absolute Gasteiger partial charge is 0.319 e. The standard InChI is InChI=1S/C14H17Cl2N5O/c1-9(2)13(8-21-17-5-6-18-21)20-14(22)19-10-3-4-11(15)12(16)7-10/h3-7,9,13H,8H2,1-2H3,(H2,19,20,22). The van der Waals surface area contributed by atoms with Gasteiger partial charge in [-0.05, 0) is 24.1 Å². The SMILES string of the molecule is CC(C)C(Cn1nccn1)NC(=O)Nc1ccc(Cl)c(Cl)c1. The summed E-state index contributed by atoms with van der Waals surface area (Å²) in [6.07, 6.45) is 3.21. The lowest BCUT2D eigenvalue weighted by Gasteiger charge is -2.22. The first-order chi connectivity index (χ1) is 10.5. The summed E-state index contributed by atoms with van der Waals surface area (Å²) in [7, 11) is 0. The van der Waals surface area contributed by atoms with E-state index in [-0.39, 0.29) is 18.0 Å². The van der Waals surface area contributed by atoms with Gasteiger partial charge < -0.3 is 10.6 Å². The summed E-state index contributed by atoms with van der Waals surface area (Å²) in [4.78, 5) is 13.6. The van der Waals surface area contributed by atoms with Crippen molar-refractivity contribution in [1.82, 2.24) is 20.3 Å². The van der Waals surface area contributed by atoms with E-state index in [1.807, 2.05) is 13.8 Å². The highest BCUT2D eigenvalue weighted by Gasteiger charge is 2.17. The Bertz CT molecular complexity index is 630. The Labute approximate surface area is 138 Å². The number of aromatic nitrogens is 3. The van der Waals surface area contributed by atoms with Crippen molar-refractivity contribution < 1.29 is 4.79 Å². The van der Waals surface area contributed by atoms with Gasteiger partial charge in [-0.15, -0.1) is 0 Å². The van der Waals surface area contributed by atoms with E-state index in [0.29, 0.717) is 22.3 Å². The number of benzene rings is 1. The van der Waals surface area contributed by atoms with Crippen molar-refractivity contribution in [2.75, 3.05) is 5.32 Å². The molecule has 1 atom stereocenters. The van der Waals surface area contributed by atoms with Crippen LogP contribution in [0.4, 0.5) is 10.5 Å². The van der Waals surface area contributed by atoms with Gasteiger partial charge in [0.15, 0.2) is 0 Å². The van der Waals surface area contributed by atoms with E-state index in [1.165, 1.54) is 0 Å². The van der Waals surface area contributed by atoms with E-state index >= 15 is 0 Å². The molecule has 118 valence electrons. The van der Waals surface area contributed by atoms with Crippen LogP contribution in [0, 0.1) is 5.92 Å². The summed E-state index contributed by atoms with van der Waals surface area (Å²) < 4.78 is 0. The van der Waals surface area contributed by atoms with Gasteiger partial charge in [0, 0.05) is 5.69 Å². The zero-order valence-corrected chi connectivity index (χ0v) is 13.8. The van der Waals surface area contributed by atoms with Crippen molar-refractivity contribution in [1.29, 1.82) is 0 Å². The number of hydrogen-bond acceptors (Lipinski definition) is 3. The second-order valence-corrected chi connectivity index (χ2v) is 5.98. The quantitative estimate of drug-likeness (QED) is 0.874. The van der Waals surface area contributed by atoms with Crippen molar-refractivity contribution in [3.05, 3.63) is 40.6 Å². The van der Waals surface area contributed by atoms with Crippen molar-refractivity contribution in [2.45, 2.75) is 26.4 Å². The topological polar surface area (TPSA) is 71.8 Å². The van der Waals surface area contributed by atoms with Crippen molar-refractivity contribution in [2.24, 2.45) is 5.92 Å². The Hall–Kier alpha value is -1.79. The molecule has 0 bridgehead atoms. The van der Waals surface area contributed by atoms with Crippen molar-refractivity contribution >= 4 is 34.9 Å². The van der Waals surface area contributed by atoms with Gasteiger partial charge in [0.25, 0.3) is 0 Å². The van der Waals surface area contributed by atoms with Gasteiger partial charge in [-0.2, -0.15) is 15.0 Å². The molecule has 0 saturated heterocycles.